The number of benzene rings is 1. The van der Waals surface area contributed by atoms with E-state index >= 15 is 0 Å². The molecule has 3 rings (SSSR count). The summed E-state index contributed by atoms with van der Waals surface area (Å²) in [6, 6.07) is 8.43. The molecule has 0 atom stereocenters. The average Bonchev–Trinajstić information content (AvgIpc) is 2.73. The molecule has 112 valence electrons. The lowest BCUT2D eigenvalue weighted by atomic mass is 10.1. The number of hydrogen-bond donors (Lipinski definition) is 0. The Morgan fingerprint density at radius 3 is 2.81 bits per heavy atom. The average molecular weight is 413 g/mol. The van der Waals surface area contributed by atoms with Crippen molar-refractivity contribution in [3.63, 3.8) is 0 Å². The van der Waals surface area contributed by atoms with Crippen molar-refractivity contribution in [2.45, 2.75) is 6.42 Å². The summed E-state index contributed by atoms with van der Waals surface area (Å²) < 4.78 is 1.14. The quantitative estimate of drug-likeness (QED) is 0.712. The van der Waals surface area contributed by atoms with Crippen molar-refractivity contribution in [3.8, 4) is 0 Å². The number of nitrogens with zero attached hydrogens (tertiary/aromatic N) is 3. The van der Waals surface area contributed by atoms with Crippen LogP contribution in [0, 0.1) is 0 Å². The molecule has 1 aromatic carbocycles. The highest BCUT2D eigenvalue weighted by atomic mass is 79.9. The van der Waals surface area contributed by atoms with Crippen molar-refractivity contribution in [2.24, 2.45) is 0 Å². The number of rotatable bonds is 3. The summed E-state index contributed by atoms with van der Waals surface area (Å²) in [5.41, 5.74) is 0. The van der Waals surface area contributed by atoms with Crippen LogP contribution in [0.15, 0.2) is 34.9 Å². The molecule has 0 saturated carbocycles. The lowest BCUT2D eigenvalue weighted by Gasteiger charge is -2.23. The molecule has 21 heavy (non-hydrogen) atoms. The van der Waals surface area contributed by atoms with E-state index in [1.54, 1.807) is 0 Å². The van der Waals surface area contributed by atoms with E-state index in [-0.39, 0.29) is 0 Å². The molecular formula is C16H19Br2N3. The molecular weight excluding hydrogens is 394 g/mol. The SMILES string of the molecule is BrCCN1CCCN(c2nccc3c(Br)cccc23)CC1. The standard InChI is InChI=1S/C16H19Br2N3/c17-6-10-20-8-2-9-21(12-11-20)16-14-3-1-4-15(18)13(14)5-7-19-16/h1,3-5,7H,2,6,8-12H2. The molecule has 1 saturated heterocycles. The first-order valence-electron chi connectivity index (χ1n) is 7.36. The molecule has 2 aromatic rings. The van der Waals surface area contributed by atoms with E-state index in [2.05, 4.69) is 70.9 Å². The third-order valence-corrected chi connectivity index (χ3v) is 5.07. The molecule has 0 spiro atoms. The molecule has 0 radical (unpaired) electrons. The Morgan fingerprint density at radius 1 is 1.05 bits per heavy atom. The van der Waals surface area contributed by atoms with E-state index in [0.717, 1.165) is 41.8 Å². The summed E-state index contributed by atoms with van der Waals surface area (Å²) in [6.45, 7) is 5.54. The summed E-state index contributed by atoms with van der Waals surface area (Å²) >= 11 is 7.18. The lowest BCUT2D eigenvalue weighted by molar-refractivity contribution is 0.313. The number of alkyl halides is 1. The summed E-state index contributed by atoms with van der Waals surface area (Å²) in [7, 11) is 0. The topological polar surface area (TPSA) is 19.4 Å². The van der Waals surface area contributed by atoms with Gasteiger partial charge in [-0.2, -0.15) is 0 Å². The number of halogens is 2. The minimum Gasteiger partial charge on any atom is -0.355 e. The zero-order valence-electron chi connectivity index (χ0n) is 11.9. The Kier molecular flexibility index (Phi) is 5.14. The van der Waals surface area contributed by atoms with Gasteiger partial charge in [0, 0.05) is 53.0 Å². The summed E-state index contributed by atoms with van der Waals surface area (Å²) in [6.07, 6.45) is 3.11. The molecule has 0 aliphatic carbocycles. The largest absolute Gasteiger partial charge is 0.355 e. The maximum absolute atomic E-state index is 4.66. The third kappa shape index (κ3) is 3.41. The Bertz CT molecular complexity index is 617. The molecule has 5 heteroatoms. The van der Waals surface area contributed by atoms with Gasteiger partial charge < -0.3 is 9.80 Å². The van der Waals surface area contributed by atoms with Crippen LogP contribution in [0.3, 0.4) is 0 Å². The molecule has 1 fully saturated rings. The fourth-order valence-corrected chi connectivity index (χ4v) is 3.93. The summed E-state index contributed by atoms with van der Waals surface area (Å²) in [4.78, 5) is 9.62. The molecule has 0 N–H and O–H groups in total. The van der Waals surface area contributed by atoms with Crippen LogP contribution in [0.25, 0.3) is 10.8 Å². The van der Waals surface area contributed by atoms with Gasteiger partial charge in [0.2, 0.25) is 0 Å². The molecule has 0 amide bonds. The summed E-state index contributed by atoms with van der Waals surface area (Å²) in [5, 5.41) is 3.52. The second-order valence-electron chi connectivity index (χ2n) is 5.34. The smallest absolute Gasteiger partial charge is 0.136 e. The van der Waals surface area contributed by atoms with Gasteiger partial charge in [-0.05, 0) is 25.1 Å². The lowest BCUT2D eigenvalue weighted by Crippen LogP contribution is -2.32. The zero-order chi connectivity index (χ0) is 14.7. The highest BCUT2D eigenvalue weighted by Gasteiger charge is 2.17. The van der Waals surface area contributed by atoms with Crippen molar-refractivity contribution in [1.82, 2.24) is 9.88 Å². The predicted molar refractivity (Wildman–Crippen MR) is 96.5 cm³/mol. The predicted octanol–water partition coefficient (Wildman–Crippen LogP) is 3.90. The van der Waals surface area contributed by atoms with Crippen molar-refractivity contribution in [1.29, 1.82) is 0 Å². The molecule has 2 heterocycles. The highest BCUT2D eigenvalue weighted by molar-refractivity contribution is 9.10. The van der Waals surface area contributed by atoms with Gasteiger partial charge in [-0.3, -0.25) is 0 Å². The molecule has 0 bridgehead atoms. The molecule has 0 unspecified atom stereocenters. The van der Waals surface area contributed by atoms with Gasteiger partial charge in [-0.25, -0.2) is 4.98 Å². The van der Waals surface area contributed by atoms with Crippen LogP contribution >= 0.6 is 31.9 Å². The van der Waals surface area contributed by atoms with E-state index < -0.39 is 0 Å². The number of anilines is 1. The van der Waals surface area contributed by atoms with E-state index in [9.17, 15) is 0 Å². The van der Waals surface area contributed by atoms with E-state index in [1.165, 1.54) is 23.7 Å². The molecule has 1 aliphatic heterocycles. The second kappa shape index (κ2) is 7.07. The van der Waals surface area contributed by atoms with Crippen molar-refractivity contribution in [3.05, 3.63) is 34.9 Å². The fourth-order valence-electron chi connectivity index (χ4n) is 2.93. The Balaban J connectivity index is 1.88. The number of hydrogen-bond acceptors (Lipinski definition) is 3. The minimum atomic E-state index is 1.05. The van der Waals surface area contributed by atoms with Crippen LogP contribution in [0.2, 0.25) is 0 Å². The maximum Gasteiger partial charge on any atom is 0.136 e. The van der Waals surface area contributed by atoms with Crippen LogP contribution in [0.5, 0.6) is 0 Å². The molecule has 3 nitrogen and oxygen atoms in total. The van der Waals surface area contributed by atoms with Crippen LogP contribution in [0.4, 0.5) is 5.82 Å². The van der Waals surface area contributed by atoms with Crippen molar-refractivity contribution in [2.75, 3.05) is 43.0 Å². The Hall–Kier alpha value is -0.650. The van der Waals surface area contributed by atoms with E-state index in [4.69, 9.17) is 0 Å². The second-order valence-corrected chi connectivity index (χ2v) is 6.99. The molecule has 1 aromatic heterocycles. The van der Waals surface area contributed by atoms with Crippen molar-refractivity contribution < 1.29 is 0 Å². The number of aromatic nitrogens is 1. The van der Waals surface area contributed by atoms with Gasteiger partial charge in [0.05, 0.1) is 0 Å². The van der Waals surface area contributed by atoms with Gasteiger partial charge in [-0.1, -0.05) is 44.0 Å². The van der Waals surface area contributed by atoms with Crippen LogP contribution in [0.1, 0.15) is 6.42 Å². The van der Waals surface area contributed by atoms with E-state index in [1.807, 2.05) is 6.20 Å². The van der Waals surface area contributed by atoms with Crippen LogP contribution in [-0.4, -0.2) is 47.9 Å². The molecule has 1 aliphatic rings. The van der Waals surface area contributed by atoms with Crippen LogP contribution in [-0.2, 0) is 0 Å². The fraction of sp³-hybridized carbons (Fsp3) is 0.438. The van der Waals surface area contributed by atoms with Gasteiger partial charge in [0.15, 0.2) is 0 Å². The van der Waals surface area contributed by atoms with Gasteiger partial charge in [0.25, 0.3) is 0 Å². The maximum atomic E-state index is 4.66. The van der Waals surface area contributed by atoms with Gasteiger partial charge in [-0.15, -0.1) is 0 Å². The normalized spacial score (nSPS) is 17.1. The third-order valence-electron chi connectivity index (χ3n) is 4.02. The first kappa shape index (κ1) is 15.3. The van der Waals surface area contributed by atoms with Gasteiger partial charge in [0.1, 0.15) is 5.82 Å². The Morgan fingerprint density at radius 2 is 1.95 bits per heavy atom. The first-order valence-corrected chi connectivity index (χ1v) is 9.27. The monoisotopic (exact) mass is 411 g/mol. The first-order chi connectivity index (χ1) is 10.3. The minimum absolute atomic E-state index is 1.05. The number of pyridine rings is 1. The number of fused-ring (bicyclic) bond motifs is 1. The van der Waals surface area contributed by atoms with Gasteiger partial charge >= 0.3 is 0 Å². The summed E-state index contributed by atoms with van der Waals surface area (Å²) in [5.74, 6) is 1.12. The van der Waals surface area contributed by atoms with Crippen molar-refractivity contribution >= 4 is 48.5 Å². The highest BCUT2D eigenvalue weighted by Crippen LogP contribution is 2.30. The Labute approximate surface area is 142 Å². The van der Waals surface area contributed by atoms with E-state index in [0.29, 0.717) is 0 Å². The van der Waals surface area contributed by atoms with Crippen LogP contribution < -0.4 is 4.90 Å². The zero-order valence-corrected chi connectivity index (χ0v) is 15.1.